The number of likely N-dealkylation sites (N-methyl/N-ethyl adjacent to an activating group) is 1. The van der Waals surface area contributed by atoms with Crippen molar-refractivity contribution < 1.29 is 9.18 Å². The number of carbonyl (C=O) groups is 1. The van der Waals surface area contributed by atoms with E-state index < -0.39 is 0 Å². The van der Waals surface area contributed by atoms with Gasteiger partial charge in [-0.05, 0) is 43.2 Å². The zero-order valence-corrected chi connectivity index (χ0v) is 15.2. The largest absolute Gasteiger partial charge is 0.349 e. The summed E-state index contributed by atoms with van der Waals surface area (Å²) in [6, 6.07) is 6.54. The van der Waals surface area contributed by atoms with Crippen molar-refractivity contribution in [1.29, 1.82) is 0 Å². The van der Waals surface area contributed by atoms with Gasteiger partial charge in [0.2, 0.25) is 0 Å². The number of halogens is 1. The molecule has 0 radical (unpaired) electrons. The van der Waals surface area contributed by atoms with Gasteiger partial charge in [-0.25, -0.2) is 4.39 Å². The lowest BCUT2D eigenvalue weighted by molar-refractivity contribution is 0.0889. The second kappa shape index (κ2) is 7.99. The van der Waals surface area contributed by atoms with Gasteiger partial charge in [-0.1, -0.05) is 16.6 Å². The van der Waals surface area contributed by atoms with E-state index in [1.165, 1.54) is 12.1 Å². The third-order valence-corrected chi connectivity index (χ3v) is 5.37. The minimum absolute atomic E-state index is 0.0134. The number of hydrogen-bond acceptors (Lipinski definition) is 6. The Kier molecular flexibility index (Phi) is 5.72. The second-order valence-electron chi connectivity index (χ2n) is 6.30. The standard InChI is InChI=1S/C17H22FN5OS/c1-12-16(25-21-20-12)17(24)19-11-15(13-3-5-14(18)6-4-13)23-9-7-22(2)8-10-23/h3-6,15H,7-11H2,1-2H3,(H,19,24). The summed E-state index contributed by atoms with van der Waals surface area (Å²) < 4.78 is 17.1. The Balaban J connectivity index is 1.73. The fraction of sp³-hybridized carbons (Fsp3) is 0.471. The SMILES string of the molecule is Cc1nnsc1C(=O)NCC(c1ccc(F)cc1)N1CCN(C)CC1. The van der Waals surface area contributed by atoms with E-state index in [2.05, 4.69) is 31.8 Å². The summed E-state index contributed by atoms with van der Waals surface area (Å²) >= 11 is 1.10. The van der Waals surface area contributed by atoms with Gasteiger partial charge in [0.15, 0.2) is 0 Å². The molecule has 1 N–H and O–H groups in total. The van der Waals surface area contributed by atoms with Gasteiger partial charge in [0.05, 0.1) is 11.7 Å². The number of rotatable bonds is 5. The van der Waals surface area contributed by atoms with Gasteiger partial charge >= 0.3 is 0 Å². The molecular weight excluding hydrogens is 341 g/mol. The monoisotopic (exact) mass is 363 g/mol. The van der Waals surface area contributed by atoms with Crippen LogP contribution in [0, 0.1) is 12.7 Å². The van der Waals surface area contributed by atoms with Crippen LogP contribution in [0.25, 0.3) is 0 Å². The first kappa shape index (κ1) is 17.9. The smallest absolute Gasteiger partial charge is 0.265 e. The summed E-state index contributed by atoms with van der Waals surface area (Å²) in [5, 5.41) is 6.87. The summed E-state index contributed by atoms with van der Waals surface area (Å²) in [4.78, 5) is 17.5. The average Bonchev–Trinajstić information content (AvgIpc) is 3.04. The van der Waals surface area contributed by atoms with Crippen LogP contribution < -0.4 is 5.32 Å². The predicted molar refractivity (Wildman–Crippen MR) is 95.2 cm³/mol. The quantitative estimate of drug-likeness (QED) is 0.876. The Labute approximate surface area is 150 Å². The molecule has 1 amide bonds. The third-order valence-electron chi connectivity index (χ3n) is 4.55. The number of piperazine rings is 1. The molecule has 0 spiro atoms. The molecule has 6 nitrogen and oxygen atoms in total. The Hall–Kier alpha value is -1.90. The lowest BCUT2D eigenvalue weighted by Gasteiger charge is -2.38. The maximum Gasteiger partial charge on any atom is 0.265 e. The maximum absolute atomic E-state index is 13.3. The number of aryl methyl sites for hydroxylation is 1. The summed E-state index contributed by atoms with van der Waals surface area (Å²) in [6.07, 6.45) is 0. The molecule has 2 aromatic rings. The van der Waals surface area contributed by atoms with Gasteiger partial charge in [-0.2, -0.15) is 0 Å². The van der Waals surface area contributed by atoms with Crippen LogP contribution in [0.3, 0.4) is 0 Å². The van der Waals surface area contributed by atoms with Crippen molar-refractivity contribution in [1.82, 2.24) is 24.7 Å². The van der Waals surface area contributed by atoms with Crippen molar-refractivity contribution in [2.24, 2.45) is 0 Å². The molecule has 1 aromatic heterocycles. The molecule has 3 rings (SSSR count). The van der Waals surface area contributed by atoms with Gasteiger partial charge in [-0.15, -0.1) is 5.10 Å². The molecule has 0 aliphatic carbocycles. The molecule has 1 saturated heterocycles. The van der Waals surface area contributed by atoms with Gasteiger partial charge in [0, 0.05) is 32.7 Å². The molecule has 1 fully saturated rings. The summed E-state index contributed by atoms with van der Waals surface area (Å²) in [5.74, 6) is -0.412. The molecule has 1 aliphatic heterocycles. The van der Waals surface area contributed by atoms with Crippen molar-refractivity contribution in [2.45, 2.75) is 13.0 Å². The number of carbonyl (C=O) groups excluding carboxylic acids is 1. The number of hydrogen-bond donors (Lipinski definition) is 1. The van der Waals surface area contributed by atoms with Crippen LogP contribution in [0.2, 0.25) is 0 Å². The Morgan fingerprint density at radius 2 is 1.96 bits per heavy atom. The number of nitrogens with one attached hydrogen (secondary N) is 1. The first-order valence-corrected chi connectivity index (χ1v) is 9.07. The Morgan fingerprint density at radius 3 is 2.56 bits per heavy atom. The molecule has 0 bridgehead atoms. The second-order valence-corrected chi connectivity index (χ2v) is 7.06. The topological polar surface area (TPSA) is 61.4 Å². The molecule has 25 heavy (non-hydrogen) atoms. The van der Waals surface area contributed by atoms with E-state index in [0.717, 1.165) is 43.3 Å². The minimum atomic E-state index is -0.253. The van der Waals surface area contributed by atoms with E-state index >= 15 is 0 Å². The van der Waals surface area contributed by atoms with Crippen LogP contribution in [0.5, 0.6) is 0 Å². The summed E-state index contributed by atoms with van der Waals surface area (Å²) in [5.41, 5.74) is 1.64. The highest BCUT2D eigenvalue weighted by Crippen LogP contribution is 2.22. The van der Waals surface area contributed by atoms with Crippen molar-refractivity contribution >= 4 is 17.4 Å². The van der Waals surface area contributed by atoms with Crippen LogP contribution in [-0.4, -0.2) is 65.1 Å². The van der Waals surface area contributed by atoms with Crippen LogP contribution >= 0.6 is 11.5 Å². The number of benzene rings is 1. The van der Waals surface area contributed by atoms with E-state index in [-0.39, 0.29) is 17.8 Å². The van der Waals surface area contributed by atoms with E-state index in [0.29, 0.717) is 17.1 Å². The molecule has 134 valence electrons. The maximum atomic E-state index is 13.3. The predicted octanol–water partition coefficient (Wildman–Crippen LogP) is 1.70. The van der Waals surface area contributed by atoms with Crippen molar-refractivity contribution in [3.63, 3.8) is 0 Å². The van der Waals surface area contributed by atoms with Crippen LogP contribution in [-0.2, 0) is 0 Å². The van der Waals surface area contributed by atoms with Crippen LogP contribution in [0.15, 0.2) is 24.3 Å². The van der Waals surface area contributed by atoms with E-state index in [1.54, 1.807) is 19.1 Å². The van der Waals surface area contributed by atoms with Gasteiger partial charge in [0.25, 0.3) is 5.91 Å². The third kappa shape index (κ3) is 4.39. The highest BCUT2D eigenvalue weighted by molar-refractivity contribution is 7.07. The highest BCUT2D eigenvalue weighted by Gasteiger charge is 2.25. The number of aromatic nitrogens is 2. The zero-order valence-electron chi connectivity index (χ0n) is 14.4. The molecule has 8 heteroatoms. The average molecular weight is 363 g/mol. The van der Waals surface area contributed by atoms with Crippen LogP contribution in [0.1, 0.15) is 27.0 Å². The molecule has 2 heterocycles. The van der Waals surface area contributed by atoms with Crippen molar-refractivity contribution in [2.75, 3.05) is 39.8 Å². The molecular formula is C17H22FN5OS. The molecule has 1 aliphatic rings. The van der Waals surface area contributed by atoms with E-state index in [4.69, 9.17) is 0 Å². The molecule has 0 saturated carbocycles. The van der Waals surface area contributed by atoms with Gasteiger partial charge in [0.1, 0.15) is 10.7 Å². The number of nitrogens with zero attached hydrogens (tertiary/aromatic N) is 4. The molecule has 1 aromatic carbocycles. The van der Waals surface area contributed by atoms with E-state index in [1.807, 2.05) is 0 Å². The Bertz CT molecular complexity index is 712. The van der Waals surface area contributed by atoms with Crippen molar-refractivity contribution in [3.8, 4) is 0 Å². The lowest BCUT2D eigenvalue weighted by Crippen LogP contribution is -2.48. The molecule has 1 atom stereocenters. The molecule has 1 unspecified atom stereocenters. The number of amides is 1. The van der Waals surface area contributed by atoms with Gasteiger partial charge < -0.3 is 10.2 Å². The van der Waals surface area contributed by atoms with Crippen LogP contribution in [0.4, 0.5) is 4.39 Å². The fourth-order valence-electron chi connectivity index (χ4n) is 2.99. The Morgan fingerprint density at radius 1 is 1.28 bits per heavy atom. The summed E-state index contributed by atoms with van der Waals surface area (Å²) in [6.45, 7) is 6.01. The van der Waals surface area contributed by atoms with E-state index in [9.17, 15) is 9.18 Å². The lowest BCUT2D eigenvalue weighted by atomic mass is 10.0. The van der Waals surface area contributed by atoms with Crippen molar-refractivity contribution in [3.05, 3.63) is 46.2 Å². The first-order valence-electron chi connectivity index (χ1n) is 8.30. The normalized spacial score (nSPS) is 17.4. The minimum Gasteiger partial charge on any atom is -0.349 e. The van der Waals surface area contributed by atoms with Gasteiger partial charge in [-0.3, -0.25) is 9.69 Å². The fourth-order valence-corrected chi connectivity index (χ4v) is 3.56. The highest BCUT2D eigenvalue weighted by atomic mass is 32.1. The zero-order chi connectivity index (χ0) is 17.8. The first-order chi connectivity index (χ1) is 12.0. The summed E-state index contributed by atoms with van der Waals surface area (Å²) in [7, 11) is 2.10.